The van der Waals surface area contributed by atoms with Crippen LogP contribution in [0.2, 0.25) is 0 Å². The van der Waals surface area contributed by atoms with Crippen LogP contribution in [0.3, 0.4) is 0 Å². The zero-order valence-corrected chi connectivity index (χ0v) is 9.91. The maximum absolute atomic E-state index is 11.3. The molecule has 1 atom stereocenters. The lowest BCUT2D eigenvalue weighted by Gasteiger charge is -2.04. The van der Waals surface area contributed by atoms with Gasteiger partial charge in [-0.3, -0.25) is 0 Å². The molecule has 2 heteroatoms. The highest BCUT2D eigenvalue weighted by Crippen LogP contribution is 2.26. The summed E-state index contributed by atoms with van der Waals surface area (Å²) in [5, 5.41) is -0.109. The van der Waals surface area contributed by atoms with Crippen LogP contribution in [0.25, 0.3) is 0 Å². The molecule has 1 unspecified atom stereocenters. The second kappa shape index (κ2) is 4.99. The Hall–Kier alpha value is -1.54. The average molecular weight is 229 g/mol. The first-order chi connectivity index (χ1) is 7.83. The molecule has 0 amide bonds. The predicted molar refractivity (Wildman–Crippen MR) is 67.5 cm³/mol. The molecular weight excluding hydrogens is 216 g/mol. The second-order valence-corrected chi connectivity index (χ2v) is 4.41. The Morgan fingerprint density at radius 1 is 0.938 bits per heavy atom. The van der Waals surface area contributed by atoms with Crippen LogP contribution in [0.5, 0.6) is 0 Å². The molecule has 0 radical (unpaired) electrons. The van der Waals surface area contributed by atoms with E-state index in [2.05, 4.69) is 0 Å². The molecule has 0 aliphatic heterocycles. The quantitative estimate of drug-likeness (QED) is 0.736. The third-order valence-electron chi connectivity index (χ3n) is 2.67. The van der Waals surface area contributed by atoms with Gasteiger partial charge in [-0.25, -0.2) is 0 Å². The summed E-state index contributed by atoms with van der Waals surface area (Å²) >= 11 is 0.640. The molecule has 16 heavy (non-hydrogen) atoms. The molecule has 2 aromatic rings. The largest absolute Gasteiger partial charge is 0.472 e. The summed E-state index contributed by atoms with van der Waals surface area (Å²) < 4.78 is 11.3. The van der Waals surface area contributed by atoms with Crippen molar-refractivity contribution in [1.82, 2.24) is 0 Å². The van der Waals surface area contributed by atoms with Crippen molar-refractivity contribution in [3.05, 3.63) is 71.3 Å². The Morgan fingerprint density at radius 2 is 1.56 bits per heavy atom. The van der Waals surface area contributed by atoms with Crippen LogP contribution in [-0.4, -0.2) is 0 Å². The van der Waals surface area contributed by atoms with Crippen molar-refractivity contribution in [2.24, 2.45) is 0 Å². The molecule has 80 valence electrons. The average Bonchev–Trinajstić information content (AvgIpc) is 2.34. The minimum atomic E-state index is -0.109. The number of rotatable bonds is 3. The molecule has 0 aliphatic rings. The predicted octanol–water partition coefficient (Wildman–Crippen LogP) is 3.51. The molecule has 0 bridgehead atoms. The van der Waals surface area contributed by atoms with Crippen LogP contribution in [0, 0.1) is 6.92 Å². The van der Waals surface area contributed by atoms with Gasteiger partial charge in [0.25, 0.3) is 5.25 Å². The maximum Gasteiger partial charge on any atom is 0.472 e. The second-order valence-electron chi connectivity index (χ2n) is 3.74. The van der Waals surface area contributed by atoms with E-state index >= 15 is 0 Å². The van der Waals surface area contributed by atoms with Crippen LogP contribution < -0.4 is 0 Å². The van der Waals surface area contributed by atoms with Crippen molar-refractivity contribution >= 4 is 11.7 Å². The van der Waals surface area contributed by atoms with Crippen molar-refractivity contribution in [3.63, 3.8) is 0 Å². The highest BCUT2D eigenvalue weighted by Gasteiger charge is 2.27. The third kappa shape index (κ3) is 2.17. The van der Waals surface area contributed by atoms with Crippen LogP contribution in [-0.2, 0) is 15.9 Å². The zero-order valence-electron chi connectivity index (χ0n) is 9.09. The first kappa shape index (κ1) is 11.0. The molecule has 0 aliphatic carbocycles. The van der Waals surface area contributed by atoms with Crippen molar-refractivity contribution in [2.45, 2.75) is 12.2 Å². The van der Waals surface area contributed by atoms with E-state index in [1.54, 1.807) is 0 Å². The monoisotopic (exact) mass is 229 g/mol. The van der Waals surface area contributed by atoms with Gasteiger partial charge >= 0.3 is 11.7 Å². The standard InChI is InChI=1S/C14H13OS/c1-11-7-5-6-10-13(11)14(16-15)12-8-3-2-4-9-12/h2-10,14H,1H3/q+1. The number of hydrogen-bond acceptors (Lipinski definition) is 1. The fourth-order valence-electron chi connectivity index (χ4n) is 1.80. The summed E-state index contributed by atoms with van der Waals surface area (Å²) in [6, 6.07) is 18.0. The fourth-order valence-corrected chi connectivity index (χ4v) is 2.43. The van der Waals surface area contributed by atoms with E-state index in [-0.39, 0.29) is 5.25 Å². The Balaban J connectivity index is 2.45. The normalized spacial score (nSPS) is 12.1. The molecule has 2 aromatic carbocycles. The molecular formula is C14H13OS+. The van der Waals surface area contributed by atoms with Crippen molar-refractivity contribution in [1.29, 1.82) is 0 Å². The smallest absolute Gasteiger partial charge is 0.0622 e. The van der Waals surface area contributed by atoms with Gasteiger partial charge in [-0.2, -0.15) is 0 Å². The molecule has 0 saturated carbocycles. The Labute approximate surface area is 99.6 Å². The molecule has 0 N–H and O–H groups in total. The Bertz CT molecular complexity index is 479. The molecule has 2 rings (SSSR count). The fraction of sp³-hybridized carbons (Fsp3) is 0.143. The first-order valence-electron chi connectivity index (χ1n) is 5.22. The summed E-state index contributed by atoms with van der Waals surface area (Å²) in [5.74, 6) is 0. The minimum absolute atomic E-state index is 0.109. The van der Waals surface area contributed by atoms with Gasteiger partial charge in [0.15, 0.2) is 0 Å². The van der Waals surface area contributed by atoms with Crippen LogP contribution in [0.4, 0.5) is 0 Å². The summed E-state index contributed by atoms with van der Waals surface area (Å²) in [5.41, 5.74) is 3.34. The van der Waals surface area contributed by atoms with Gasteiger partial charge in [0.05, 0.1) is 0 Å². The minimum Gasteiger partial charge on any atom is -0.0622 e. The maximum atomic E-state index is 11.3. The van der Waals surface area contributed by atoms with E-state index in [9.17, 15) is 4.21 Å². The van der Waals surface area contributed by atoms with Crippen molar-refractivity contribution in [2.75, 3.05) is 0 Å². The van der Waals surface area contributed by atoms with Crippen LogP contribution in [0.15, 0.2) is 54.6 Å². The highest BCUT2D eigenvalue weighted by molar-refractivity contribution is 7.66. The molecule has 0 saturated heterocycles. The lowest BCUT2D eigenvalue weighted by molar-refractivity contribution is 0.602. The number of benzene rings is 2. The lowest BCUT2D eigenvalue weighted by atomic mass is 10.0. The summed E-state index contributed by atoms with van der Waals surface area (Å²) in [6.45, 7) is 2.04. The van der Waals surface area contributed by atoms with E-state index in [1.807, 2.05) is 61.5 Å². The van der Waals surface area contributed by atoms with Gasteiger partial charge in [-0.1, -0.05) is 54.6 Å². The third-order valence-corrected chi connectivity index (χ3v) is 3.39. The van der Waals surface area contributed by atoms with E-state index in [1.165, 1.54) is 5.56 Å². The molecule has 1 nitrogen and oxygen atoms in total. The van der Waals surface area contributed by atoms with E-state index in [0.717, 1.165) is 11.1 Å². The Morgan fingerprint density at radius 3 is 2.19 bits per heavy atom. The first-order valence-corrected chi connectivity index (χ1v) is 6.02. The molecule has 0 spiro atoms. The van der Waals surface area contributed by atoms with E-state index in [0.29, 0.717) is 11.7 Å². The number of hydrogen-bond donors (Lipinski definition) is 0. The molecule has 0 fully saturated rings. The number of aryl methyl sites for hydroxylation is 1. The SMILES string of the molecule is Cc1ccccc1C([S+]=O)c1ccccc1. The van der Waals surface area contributed by atoms with E-state index in [4.69, 9.17) is 0 Å². The highest BCUT2D eigenvalue weighted by atomic mass is 32.1. The summed E-state index contributed by atoms with van der Waals surface area (Å²) in [4.78, 5) is 0. The van der Waals surface area contributed by atoms with Gasteiger partial charge in [0.2, 0.25) is 0 Å². The summed E-state index contributed by atoms with van der Waals surface area (Å²) in [7, 11) is 0. The van der Waals surface area contributed by atoms with Gasteiger partial charge in [-0.05, 0) is 12.5 Å². The van der Waals surface area contributed by atoms with Crippen molar-refractivity contribution < 1.29 is 4.21 Å². The van der Waals surface area contributed by atoms with Gasteiger partial charge in [0, 0.05) is 15.3 Å². The van der Waals surface area contributed by atoms with E-state index < -0.39 is 0 Å². The Kier molecular flexibility index (Phi) is 3.42. The van der Waals surface area contributed by atoms with Gasteiger partial charge < -0.3 is 0 Å². The van der Waals surface area contributed by atoms with Gasteiger partial charge in [0.1, 0.15) is 0 Å². The summed E-state index contributed by atoms with van der Waals surface area (Å²) in [6.07, 6.45) is 0. The van der Waals surface area contributed by atoms with Crippen LogP contribution >= 0.6 is 0 Å². The zero-order chi connectivity index (χ0) is 11.4. The molecule has 0 heterocycles. The topological polar surface area (TPSA) is 17.1 Å². The van der Waals surface area contributed by atoms with Crippen molar-refractivity contribution in [3.8, 4) is 0 Å². The molecule has 0 aromatic heterocycles. The van der Waals surface area contributed by atoms with Gasteiger partial charge in [-0.15, -0.1) is 0 Å². The van der Waals surface area contributed by atoms with Crippen LogP contribution in [0.1, 0.15) is 21.9 Å². The lowest BCUT2D eigenvalue weighted by Crippen LogP contribution is -2.00.